The van der Waals surface area contributed by atoms with E-state index in [1.807, 2.05) is 37.9 Å². The number of nitriles is 1. The molecule has 0 amide bonds. The van der Waals surface area contributed by atoms with Crippen LogP contribution in [-0.2, 0) is 0 Å². The molecule has 1 rings (SSSR count). The predicted molar refractivity (Wildman–Crippen MR) is 101 cm³/mol. The SMILES string of the molecule is C=CNNN=C(N)/C=C\N(C)C(C)(/C=C\C)Nc1ccncc1C#N. The minimum atomic E-state index is -0.592. The summed E-state index contributed by atoms with van der Waals surface area (Å²) in [4.78, 5) is 5.89. The molecule has 132 valence electrons. The van der Waals surface area contributed by atoms with Crippen molar-refractivity contribution in [1.82, 2.24) is 20.8 Å². The summed E-state index contributed by atoms with van der Waals surface area (Å²) < 4.78 is 0. The molecule has 0 saturated heterocycles. The summed E-state index contributed by atoms with van der Waals surface area (Å²) in [6, 6.07) is 3.89. The molecule has 0 aromatic carbocycles. The molecule has 0 radical (unpaired) electrons. The van der Waals surface area contributed by atoms with Crippen molar-refractivity contribution in [2.45, 2.75) is 19.5 Å². The predicted octanol–water partition coefficient (Wildman–Crippen LogP) is 1.61. The van der Waals surface area contributed by atoms with Crippen molar-refractivity contribution in [1.29, 1.82) is 5.26 Å². The number of nitrogens with two attached hydrogens (primary N) is 1. The number of hydrazone groups is 1. The number of allylic oxidation sites excluding steroid dienone is 1. The molecule has 0 bridgehead atoms. The molecule has 0 saturated carbocycles. The van der Waals surface area contributed by atoms with Crippen molar-refractivity contribution in [2.24, 2.45) is 10.8 Å². The minimum absolute atomic E-state index is 0.283. The van der Waals surface area contributed by atoms with Gasteiger partial charge in [0.15, 0.2) is 0 Å². The lowest BCUT2D eigenvalue weighted by Crippen LogP contribution is -2.46. The summed E-state index contributed by atoms with van der Waals surface area (Å²) >= 11 is 0. The Balaban J connectivity index is 2.98. The average Bonchev–Trinajstić information content (AvgIpc) is 2.60. The van der Waals surface area contributed by atoms with Crippen molar-refractivity contribution in [3.05, 3.63) is 61.2 Å². The fourth-order valence-corrected chi connectivity index (χ4v) is 1.96. The third kappa shape index (κ3) is 5.91. The molecule has 0 aliphatic rings. The molecule has 1 unspecified atom stereocenters. The number of rotatable bonds is 9. The van der Waals surface area contributed by atoms with Crippen LogP contribution in [0.2, 0.25) is 0 Å². The maximum Gasteiger partial charge on any atom is 0.146 e. The van der Waals surface area contributed by atoms with Crippen molar-refractivity contribution in [3.8, 4) is 6.07 Å². The van der Waals surface area contributed by atoms with E-state index < -0.39 is 5.66 Å². The quantitative estimate of drug-likeness (QED) is 0.135. The molecular formula is C17H24N8. The van der Waals surface area contributed by atoms with Gasteiger partial charge in [0.25, 0.3) is 0 Å². The number of aromatic nitrogens is 1. The van der Waals surface area contributed by atoms with E-state index in [0.29, 0.717) is 11.3 Å². The molecule has 25 heavy (non-hydrogen) atoms. The fourth-order valence-electron chi connectivity index (χ4n) is 1.96. The van der Waals surface area contributed by atoms with E-state index in [9.17, 15) is 5.26 Å². The lowest BCUT2D eigenvalue weighted by atomic mass is 10.1. The van der Waals surface area contributed by atoms with Crippen LogP contribution in [0.3, 0.4) is 0 Å². The zero-order valence-electron chi connectivity index (χ0n) is 14.7. The van der Waals surface area contributed by atoms with Crippen LogP contribution in [0.1, 0.15) is 19.4 Å². The van der Waals surface area contributed by atoms with Crippen LogP contribution in [0.4, 0.5) is 5.69 Å². The van der Waals surface area contributed by atoms with Gasteiger partial charge in [-0.3, -0.25) is 10.4 Å². The van der Waals surface area contributed by atoms with Crippen molar-refractivity contribution in [3.63, 3.8) is 0 Å². The van der Waals surface area contributed by atoms with Gasteiger partial charge in [0.2, 0.25) is 0 Å². The third-order valence-corrected chi connectivity index (χ3v) is 3.37. The zero-order valence-corrected chi connectivity index (χ0v) is 14.7. The van der Waals surface area contributed by atoms with Gasteiger partial charge in [-0.2, -0.15) is 5.26 Å². The number of hydrogen-bond acceptors (Lipinski definition) is 7. The molecule has 1 heterocycles. The summed E-state index contributed by atoms with van der Waals surface area (Å²) in [5.41, 5.74) is 11.5. The number of nitrogens with one attached hydrogen (secondary N) is 3. The number of pyridine rings is 1. The van der Waals surface area contributed by atoms with Crippen LogP contribution >= 0.6 is 0 Å². The van der Waals surface area contributed by atoms with Gasteiger partial charge in [0.1, 0.15) is 17.6 Å². The smallest absolute Gasteiger partial charge is 0.146 e. The third-order valence-electron chi connectivity index (χ3n) is 3.37. The zero-order chi connectivity index (χ0) is 18.7. The average molecular weight is 340 g/mol. The minimum Gasteiger partial charge on any atom is -0.382 e. The molecule has 0 aliphatic heterocycles. The molecule has 5 N–H and O–H groups in total. The summed E-state index contributed by atoms with van der Waals surface area (Å²) in [6.45, 7) is 7.39. The Hall–Kier alpha value is -3.47. The summed E-state index contributed by atoms with van der Waals surface area (Å²) in [5, 5.41) is 16.5. The van der Waals surface area contributed by atoms with Gasteiger partial charge in [-0.05, 0) is 32.1 Å². The Morgan fingerprint density at radius 3 is 2.96 bits per heavy atom. The fraction of sp³-hybridized carbons (Fsp3) is 0.235. The summed E-state index contributed by atoms with van der Waals surface area (Å²) in [5.74, 6) is 0.283. The molecular weight excluding hydrogens is 316 g/mol. The van der Waals surface area contributed by atoms with Crippen LogP contribution in [0, 0.1) is 11.3 Å². The first kappa shape index (κ1) is 19.6. The number of hydrogen-bond donors (Lipinski definition) is 4. The Morgan fingerprint density at radius 2 is 2.32 bits per heavy atom. The van der Waals surface area contributed by atoms with Crippen molar-refractivity contribution < 1.29 is 0 Å². The van der Waals surface area contributed by atoms with Crippen LogP contribution in [0.5, 0.6) is 0 Å². The lowest BCUT2D eigenvalue weighted by molar-refractivity contribution is 0.297. The van der Waals surface area contributed by atoms with Crippen LogP contribution < -0.4 is 22.0 Å². The molecule has 1 aromatic heterocycles. The van der Waals surface area contributed by atoms with Gasteiger partial charge in [0.05, 0.1) is 11.3 Å². The number of hydrazine groups is 1. The largest absolute Gasteiger partial charge is 0.382 e. The maximum atomic E-state index is 9.23. The van der Waals surface area contributed by atoms with E-state index in [1.165, 1.54) is 12.4 Å². The molecule has 1 atom stereocenters. The maximum absolute atomic E-state index is 9.23. The van der Waals surface area contributed by atoms with Crippen LogP contribution in [0.25, 0.3) is 0 Å². The van der Waals surface area contributed by atoms with Gasteiger partial charge in [-0.1, -0.05) is 12.7 Å². The Labute approximate surface area is 148 Å². The molecule has 0 fully saturated rings. The monoisotopic (exact) mass is 340 g/mol. The van der Waals surface area contributed by atoms with Gasteiger partial charge in [-0.25, -0.2) is 5.53 Å². The second-order valence-corrected chi connectivity index (χ2v) is 5.23. The number of likely N-dealkylation sites (N-methyl/N-ethyl adjacent to an activating group) is 1. The standard InChI is InChI=1S/C17H24N8/c1-5-9-17(3,22-15-7-10-20-13-14(15)12-18)25(4)11-8-16(19)23-24-21-6-2/h5-11,13,21,24H,2H2,1,3-4H3,(H2,19,23)(H,20,22)/b9-5-,11-8-. The van der Waals surface area contributed by atoms with Crippen molar-refractivity contribution in [2.75, 3.05) is 12.4 Å². The van der Waals surface area contributed by atoms with E-state index >= 15 is 0 Å². The van der Waals surface area contributed by atoms with E-state index in [-0.39, 0.29) is 5.84 Å². The first-order valence-corrected chi connectivity index (χ1v) is 7.58. The second kappa shape index (κ2) is 9.62. The molecule has 1 aromatic rings. The Bertz CT molecular complexity index is 701. The lowest BCUT2D eigenvalue weighted by Gasteiger charge is -2.37. The number of anilines is 1. The van der Waals surface area contributed by atoms with E-state index in [2.05, 4.69) is 39.0 Å². The highest BCUT2D eigenvalue weighted by Crippen LogP contribution is 2.22. The highest BCUT2D eigenvalue weighted by molar-refractivity contribution is 5.91. The number of nitrogens with zero attached hydrogens (tertiary/aromatic N) is 4. The topological polar surface area (TPSA) is 114 Å². The van der Waals surface area contributed by atoms with Gasteiger partial charge < -0.3 is 16.0 Å². The molecule has 8 nitrogen and oxygen atoms in total. The van der Waals surface area contributed by atoms with Gasteiger partial charge in [0, 0.05) is 31.8 Å². The van der Waals surface area contributed by atoms with Crippen LogP contribution in [-0.4, -0.2) is 28.4 Å². The van der Waals surface area contributed by atoms with E-state index in [0.717, 1.165) is 0 Å². The normalized spacial score (nSPS) is 13.9. The Kier molecular flexibility index (Phi) is 7.53. The Morgan fingerprint density at radius 1 is 1.56 bits per heavy atom. The van der Waals surface area contributed by atoms with E-state index in [4.69, 9.17) is 5.73 Å². The van der Waals surface area contributed by atoms with E-state index in [1.54, 1.807) is 24.5 Å². The highest BCUT2D eigenvalue weighted by atomic mass is 15.6. The first-order chi connectivity index (χ1) is 12.0. The van der Waals surface area contributed by atoms with Crippen molar-refractivity contribution >= 4 is 11.5 Å². The highest BCUT2D eigenvalue weighted by Gasteiger charge is 2.24. The summed E-state index contributed by atoms with van der Waals surface area (Å²) in [7, 11) is 1.89. The molecule has 0 aliphatic carbocycles. The number of amidine groups is 1. The van der Waals surface area contributed by atoms with Crippen LogP contribution in [0.15, 0.2) is 60.8 Å². The van der Waals surface area contributed by atoms with Gasteiger partial charge >= 0.3 is 0 Å². The second-order valence-electron chi connectivity index (χ2n) is 5.23. The molecule has 8 heteroatoms. The van der Waals surface area contributed by atoms with Gasteiger partial charge in [-0.15, -0.1) is 5.10 Å². The summed E-state index contributed by atoms with van der Waals surface area (Å²) in [6.07, 6.45) is 11.9. The first-order valence-electron chi connectivity index (χ1n) is 7.58. The molecule has 0 spiro atoms.